The molecular weight excluding hydrogens is 390 g/mol. The van der Waals surface area contributed by atoms with Gasteiger partial charge in [-0.1, -0.05) is 29.3 Å². The molecule has 1 heterocycles. The molecule has 0 radical (unpaired) electrons. The molecule has 134 valence electrons. The number of benzene rings is 2. The fourth-order valence-corrected chi connectivity index (χ4v) is 5.17. The van der Waals surface area contributed by atoms with Gasteiger partial charge in [-0.15, -0.1) is 11.3 Å². The van der Waals surface area contributed by atoms with Crippen molar-refractivity contribution in [2.45, 2.75) is 16.0 Å². The minimum atomic E-state index is -3.68. The van der Waals surface area contributed by atoms with E-state index in [0.29, 0.717) is 9.90 Å². The summed E-state index contributed by atoms with van der Waals surface area (Å²) in [6, 6.07) is 16.5. The molecule has 0 saturated carbocycles. The van der Waals surface area contributed by atoms with E-state index in [1.807, 2.05) is 31.2 Å². The van der Waals surface area contributed by atoms with Gasteiger partial charge < -0.3 is 4.90 Å². The first-order valence-electron chi connectivity index (χ1n) is 7.74. The van der Waals surface area contributed by atoms with E-state index in [9.17, 15) is 13.2 Å². The molecule has 1 amide bonds. The van der Waals surface area contributed by atoms with Crippen LogP contribution >= 0.6 is 22.9 Å². The van der Waals surface area contributed by atoms with E-state index in [2.05, 4.69) is 0 Å². The molecular formula is C19H16ClNO3S2. The van der Waals surface area contributed by atoms with Crippen molar-refractivity contribution in [3.8, 4) is 0 Å². The first-order chi connectivity index (χ1) is 12.3. The highest BCUT2D eigenvalue weighted by atomic mass is 35.5. The highest BCUT2D eigenvalue weighted by Gasteiger charge is 2.23. The van der Waals surface area contributed by atoms with Crippen LogP contribution in [-0.2, 0) is 9.84 Å². The fraction of sp³-hybridized carbons (Fsp3) is 0.105. The third kappa shape index (κ3) is 3.67. The molecule has 0 aliphatic heterocycles. The lowest BCUT2D eigenvalue weighted by Crippen LogP contribution is -2.25. The Balaban J connectivity index is 1.88. The van der Waals surface area contributed by atoms with Gasteiger partial charge in [-0.05, 0) is 55.5 Å². The summed E-state index contributed by atoms with van der Waals surface area (Å²) in [6.45, 7) is 1.97. The summed E-state index contributed by atoms with van der Waals surface area (Å²) < 4.78 is 25.5. The Morgan fingerprint density at radius 3 is 2.19 bits per heavy atom. The van der Waals surface area contributed by atoms with Gasteiger partial charge in [-0.3, -0.25) is 4.79 Å². The Morgan fingerprint density at radius 1 is 0.962 bits per heavy atom. The van der Waals surface area contributed by atoms with E-state index in [1.54, 1.807) is 13.1 Å². The third-order valence-electron chi connectivity index (χ3n) is 3.91. The van der Waals surface area contributed by atoms with Crippen molar-refractivity contribution in [1.82, 2.24) is 0 Å². The molecule has 3 rings (SSSR count). The van der Waals surface area contributed by atoms with Crippen LogP contribution < -0.4 is 4.90 Å². The molecule has 4 nitrogen and oxygen atoms in total. The second-order valence-electron chi connectivity index (χ2n) is 5.78. The Hall–Kier alpha value is -2.15. The van der Waals surface area contributed by atoms with E-state index >= 15 is 0 Å². The third-order valence-corrected chi connectivity index (χ3v) is 7.49. The van der Waals surface area contributed by atoms with Gasteiger partial charge in [-0.25, -0.2) is 8.42 Å². The van der Waals surface area contributed by atoms with Crippen LogP contribution in [0.4, 0.5) is 5.69 Å². The summed E-state index contributed by atoms with van der Waals surface area (Å²) in [5.74, 6) is -0.253. The number of rotatable bonds is 4. The highest BCUT2D eigenvalue weighted by Crippen LogP contribution is 2.29. The van der Waals surface area contributed by atoms with Crippen LogP contribution in [0.2, 0.25) is 5.02 Å². The second kappa shape index (κ2) is 7.23. The molecule has 1 aromatic heterocycles. The summed E-state index contributed by atoms with van der Waals surface area (Å²) in [5, 5.41) is 0.464. The highest BCUT2D eigenvalue weighted by molar-refractivity contribution is 7.93. The standard InChI is InChI=1S/C19H16ClNO3S2/c1-13-3-7-15(8-4-13)21(2)19(22)17-11-12-18(25-17)26(23,24)16-9-5-14(20)6-10-16/h3-12H,1-2H3. The smallest absolute Gasteiger partial charge is 0.268 e. The van der Waals surface area contributed by atoms with Crippen LogP contribution in [0.3, 0.4) is 0 Å². The molecule has 0 atom stereocenters. The molecule has 0 spiro atoms. The van der Waals surface area contributed by atoms with E-state index in [-0.39, 0.29) is 15.0 Å². The maximum Gasteiger partial charge on any atom is 0.268 e. The number of amides is 1. The van der Waals surface area contributed by atoms with E-state index in [1.165, 1.54) is 35.2 Å². The van der Waals surface area contributed by atoms with Crippen molar-refractivity contribution in [3.05, 3.63) is 76.1 Å². The van der Waals surface area contributed by atoms with Crippen molar-refractivity contribution in [1.29, 1.82) is 0 Å². The zero-order valence-corrected chi connectivity index (χ0v) is 16.5. The summed E-state index contributed by atoms with van der Waals surface area (Å²) in [4.78, 5) is 14.7. The molecule has 3 aromatic rings. The van der Waals surface area contributed by atoms with Gasteiger partial charge in [0.25, 0.3) is 5.91 Å². The van der Waals surface area contributed by atoms with Gasteiger partial charge in [-0.2, -0.15) is 0 Å². The number of nitrogens with zero attached hydrogens (tertiary/aromatic N) is 1. The fourth-order valence-electron chi connectivity index (χ4n) is 2.36. The van der Waals surface area contributed by atoms with Crippen molar-refractivity contribution < 1.29 is 13.2 Å². The molecule has 0 aliphatic carbocycles. The van der Waals surface area contributed by atoms with Crippen LogP contribution in [0.25, 0.3) is 0 Å². The largest absolute Gasteiger partial charge is 0.311 e. The van der Waals surface area contributed by atoms with Crippen molar-refractivity contribution in [2.75, 3.05) is 11.9 Å². The zero-order chi connectivity index (χ0) is 18.9. The van der Waals surface area contributed by atoms with E-state index in [0.717, 1.165) is 22.6 Å². The first-order valence-corrected chi connectivity index (χ1v) is 10.4. The molecule has 0 saturated heterocycles. The van der Waals surface area contributed by atoms with Gasteiger partial charge in [0, 0.05) is 17.8 Å². The average Bonchev–Trinajstić information content (AvgIpc) is 3.12. The average molecular weight is 406 g/mol. The lowest BCUT2D eigenvalue weighted by Gasteiger charge is -2.16. The van der Waals surface area contributed by atoms with Crippen LogP contribution in [0, 0.1) is 6.92 Å². The first kappa shape index (κ1) is 18.6. The van der Waals surface area contributed by atoms with E-state index in [4.69, 9.17) is 11.6 Å². The summed E-state index contributed by atoms with van der Waals surface area (Å²) in [5.41, 5.74) is 1.85. The van der Waals surface area contributed by atoms with Crippen LogP contribution in [0.5, 0.6) is 0 Å². The van der Waals surface area contributed by atoms with Crippen molar-refractivity contribution >= 4 is 44.4 Å². The molecule has 0 unspecified atom stereocenters. The number of hydrogen-bond donors (Lipinski definition) is 0. The maximum atomic E-state index is 12.7. The topological polar surface area (TPSA) is 54.5 Å². The molecule has 2 aromatic carbocycles. The minimum absolute atomic E-state index is 0.125. The second-order valence-corrected chi connectivity index (χ2v) is 9.47. The number of sulfone groups is 1. The Labute approximate surface area is 161 Å². The number of anilines is 1. The number of carbonyl (C=O) groups is 1. The lowest BCUT2D eigenvalue weighted by molar-refractivity contribution is 0.0997. The van der Waals surface area contributed by atoms with E-state index < -0.39 is 9.84 Å². The number of carbonyl (C=O) groups excluding carboxylic acids is 1. The molecule has 0 fully saturated rings. The number of hydrogen-bond acceptors (Lipinski definition) is 4. The molecule has 26 heavy (non-hydrogen) atoms. The SMILES string of the molecule is Cc1ccc(N(C)C(=O)c2ccc(S(=O)(=O)c3ccc(Cl)cc3)s2)cc1. The number of halogens is 1. The normalized spacial score (nSPS) is 11.3. The van der Waals surface area contributed by atoms with Gasteiger partial charge >= 0.3 is 0 Å². The van der Waals surface area contributed by atoms with Gasteiger partial charge in [0.05, 0.1) is 9.77 Å². The Bertz CT molecular complexity index is 1040. The predicted molar refractivity (Wildman–Crippen MR) is 105 cm³/mol. The summed E-state index contributed by atoms with van der Waals surface area (Å²) >= 11 is 6.77. The van der Waals surface area contributed by atoms with Crippen molar-refractivity contribution in [2.24, 2.45) is 0 Å². The summed E-state index contributed by atoms with van der Waals surface area (Å²) in [6.07, 6.45) is 0. The van der Waals surface area contributed by atoms with Gasteiger partial charge in [0.1, 0.15) is 4.21 Å². The van der Waals surface area contributed by atoms with Crippen molar-refractivity contribution in [3.63, 3.8) is 0 Å². The quantitative estimate of drug-likeness (QED) is 0.625. The summed E-state index contributed by atoms with van der Waals surface area (Å²) in [7, 11) is -2.01. The number of thiophene rings is 1. The zero-order valence-electron chi connectivity index (χ0n) is 14.1. The molecule has 7 heteroatoms. The predicted octanol–water partition coefficient (Wildman–Crippen LogP) is 4.82. The molecule has 0 N–H and O–H groups in total. The molecule has 0 aliphatic rings. The monoisotopic (exact) mass is 405 g/mol. The maximum absolute atomic E-state index is 12.7. The van der Waals surface area contributed by atoms with Crippen LogP contribution in [-0.4, -0.2) is 21.4 Å². The van der Waals surface area contributed by atoms with Crippen LogP contribution in [0.15, 0.2) is 69.8 Å². The van der Waals surface area contributed by atoms with Gasteiger partial charge in [0.15, 0.2) is 0 Å². The Morgan fingerprint density at radius 2 is 1.58 bits per heavy atom. The van der Waals surface area contributed by atoms with Crippen LogP contribution in [0.1, 0.15) is 15.2 Å². The minimum Gasteiger partial charge on any atom is -0.311 e. The Kier molecular flexibility index (Phi) is 5.18. The molecule has 0 bridgehead atoms. The van der Waals surface area contributed by atoms with Gasteiger partial charge in [0.2, 0.25) is 9.84 Å². The number of aryl methyl sites for hydroxylation is 1. The lowest BCUT2D eigenvalue weighted by atomic mass is 10.2.